The van der Waals surface area contributed by atoms with E-state index in [1.807, 2.05) is 12.1 Å². The molecule has 2 heterocycles. The Morgan fingerprint density at radius 3 is 3.06 bits per heavy atom. The van der Waals surface area contributed by atoms with Gasteiger partial charge in [0.05, 0.1) is 0 Å². The van der Waals surface area contributed by atoms with Crippen molar-refractivity contribution in [2.75, 3.05) is 25.0 Å². The van der Waals surface area contributed by atoms with Gasteiger partial charge in [0.1, 0.15) is 11.8 Å². The summed E-state index contributed by atoms with van der Waals surface area (Å²) in [7, 11) is 0. The summed E-state index contributed by atoms with van der Waals surface area (Å²) in [5.74, 6) is 0.736. The highest BCUT2D eigenvalue weighted by Crippen LogP contribution is 2.14. The first-order valence-corrected chi connectivity index (χ1v) is 5.69. The first kappa shape index (κ1) is 10.9. The first-order chi connectivity index (χ1) is 7.88. The number of hydrogen-bond donors (Lipinski definition) is 2. The molecule has 0 atom stereocenters. The van der Waals surface area contributed by atoms with Crippen molar-refractivity contribution in [2.45, 2.75) is 12.8 Å². The molecule has 0 amide bonds. The van der Waals surface area contributed by atoms with Crippen LogP contribution in [0.2, 0.25) is 0 Å². The van der Waals surface area contributed by atoms with E-state index in [4.69, 9.17) is 5.26 Å². The molecule has 1 aromatic rings. The molecule has 0 radical (unpaired) electrons. The number of hydrogen-bond acceptors (Lipinski definition) is 4. The third-order valence-corrected chi connectivity index (χ3v) is 2.93. The molecule has 0 saturated carbocycles. The summed E-state index contributed by atoms with van der Waals surface area (Å²) in [5, 5.41) is 15.5. The van der Waals surface area contributed by atoms with E-state index in [9.17, 15) is 0 Å². The average Bonchev–Trinajstić information content (AvgIpc) is 2.38. The maximum Gasteiger partial charge on any atom is 0.142 e. The van der Waals surface area contributed by atoms with Crippen LogP contribution in [0.1, 0.15) is 18.5 Å². The molecule has 4 heteroatoms. The highest BCUT2D eigenvalue weighted by molar-refractivity contribution is 5.45. The standard InChI is InChI=1S/C12H16N4/c13-8-12-7-11(3-6-15-12)16-9-10-1-4-14-5-2-10/h3,6-7,10,14H,1-2,4-5,9H2,(H,15,16). The molecule has 2 rings (SSSR count). The number of piperidine rings is 1. The molecule has 0 spiro atoms. The molecular formula is C12H16N4. The topological polar surface area (TPSA) is 60.7 Å². The average molecular weight is 216 g/mol. The highest BCUT2D eigenvalue weighted by atomic mass is 14.9. The Morgan fingerprint density at radius 2 is 2.31 bits per heavy atom. The Labute approximate surface area is 95.7 Å². The summed E-state index contributed by atoms with van der Waals surface area (Å²) in [6, 6.07) is 5.74. The lowest BCUT2D eigenvalue weighted by atomic mass is 9.98. The second kappa shape index (κ2) is 5.47. The van der Waals surface area contributed by atoms with Gasteiger partial charge >= 0.3 is 0 Å². The Hall–Kier alpha value is -1.60. The van der Waals surface area contributed by atoms with Crippen molar-refractivity contribution in [3.05, 3.63) is 24.0 Å². The fraction of sp³-hybridized carbons (Fsp3) is 0.500. The molecule has 16 heavy (non-hydrogen) atoms. The molecule has 1 aliphatic rings. The van der Waals surface area contributed by atoms with Gasteiger partial charge in [0, 0.05) is 18.4 Å². The summed E-state index contributed by atoms with van der Waals surface area (Å²) in [6.45, 7) is 3.22. The van der Waals surface area contributed by atoms with Crippen LogP contribution in [0.5, 0.6) is 0 Å². The van der Waals surface area contributed by atoms with E-state index >= 15 is 0 Å². The summed E-state index contributed by atoms with van der Waals surface area (Å²) in [6.07, 6.45) is 4.12. The predicted molar refractivity (Wildman–Crippen MR) is 63.0 cm³/mol. The molecule has 1 saturated heterocycles. The number of rotatable bonds is 3. The minimum Gasteiger partial charge on any atom is -0.385 e. The number of nitrogens with zero attached hydrogens (tertiary/aromatic N) is 2. The maximum atomic E-state index is 8.73. The molecule has 0 bridgehead atoms. The van der Waals surface area contributed by atoms with E-state index in [-0.39, 0.29) is 0 Å². The zero-order valence-electron chi connectivity index (χ0n) is 9.24. The van der Waals surface area contributed by atoms with Gasteiger partial charge in [0.25, 0.3) is 0 Å². The number of nitrogens with one attached hydrogen (secondary N) is 2. The van der Waals surface area contributed by atoms with Gasteiger partial charge in [-0.1, -0.05) is 0 Å². The van der Waals surface area contributed by atoms with E-state index < -0.39 is 0 Å². The molecule has 0 aromatic carbocycles. The van der Waals surface area contributed by atoms with Crippen molar-refractivity contribution in [3.63, 3.8) is 0 Å². The second-order valence-electron chi connectivity index (χ2n) is 4.12. The summed E-state index contributed by atoms with van der Waals surface area (Å²) in [5.41, 5.74) is 1.46. The van der Waals surface area contributed by atoms with Gasteiger partial charge in [0.2, 0.25) is 0 Å². The number of anilines is 1. The minimum atomic E-state index is 0.468. The van der Waals surface area contributed by atoms with Gasteiger partial charge in [-0.25, -0.2) is 4.98 Å². The number of aromatic nitrogens is 1. The molecule has 84 valence electrons. The second-order valence-corrected chi connectivity index (χ2v) is 4.12. The Balaban J connectivity index is 1.86. The van der Waals surface area contributed by atoms with Crippen LogP contribution >= 0.6 is 0 Å². The zero-order chi connectivity index (χ0) is 11.2. The van der Waals surface area contributed by atoms with Crippen molar-refractivity contribution >= 4 is 5.69 Å². The summed E-state index contributed by atoms with van der Waals surface area (Å²) < 4.78 is 0. The van der Waals surface area contributed by atoms with E-state index in [0.717, 1.165) is 31.2 Å². The summed E-state index contributed by atoms with van der Waals surface area (Å²) in [4.78, 5) is 3.94. The van der Waals surface area contributed by atoms with Crippen molar-refractivity contribution in [2.24, 2.45) is 5.92 Å². The molecule has 0 aliphatic carbocycles. The highest BCUT2D eigenvalue weighted by Gasteiger charge is 2.12. The van der Waals surface area contributed by atoms with Crippen LogP contribution in [0.15, 0.2) is 18.3 Å². The third-order valence-electron chi connectivity index (χ3n) is 2.93. The maximum absolute atomic E-state index is 8.73. The van der Waals surface area contributed by atoms with Crippen molar-refractivity contribution < 1.29 is 0 Å². The van der Waals surface area contributed by atoms with E-state index in [0.29, 0.717) is 5.69 Å². The Bertz CT molecular complexity index is 377. The van der Waals surface area contributed by atoms with Crippen LogP contribution in [0.3, 0.4) is 0 Å². The number of pyridine rings is 1. The van der Waals surface area contributed by atoms with Gasteiger partial charge in [0.15, 0.2) is 0 Å². The molecule has 1 aliphatic heterocycles. The quantitative estimate of drug-likeness (QED) is 0.801. The summed E-state index contributed by atoms with van der Waals surface area (Å²) >= 11 is 0. The Kier molecular flexibility index (Phi) is 3.73. The molecule has 1 aromatic heterocycles. The lowest BCUT2D eigenvalue weighted by Crippen LogP contribution is -2.31. The van der Waals surface area contributed by atoms with Gasteiger partial charge in [-0.3, -0.25) is 0 Å². The third kappa shape index (κ3) is 2.94. The van der Waals surface area contributed by atoms with Gasteiger partial charge in [-0.05, 0) is 44.0 Å². The van der Waals surface area contributed by atoms with Crippen LogP contribution in [-0.2, 0) is 0 Å². The smallest absolute Gasteiger partial charge is 0.142 e. The molecule has 2 N–H and O–H groups in total. The van der Waals surface area contributed by atoms with Gasteiger partial charge in [-0.15, -0.1) is 0 Å². The minimum absolute atomic E-state index is 0.468. The van der Waals surface area contributed by atoms with Crippen LogP contribution < -0.4 is 10.6 Å². The van der Waals surface area contributed by atoms with Crippen molar-refractivity contribution in [1.29, 1.82) is 5.26 Å². The monoisotopic (exact) mass is 216 g/mol. The van der Waals surface area contributed by atoms with Crippen LogP contribution in [0.4, 0.5) is 5.69 Å². The molecule has 4 nitrogen and oxygen atoms in total. The van der Waals surface area contributed by atoms with E-state index in [2.05, 4.69) is 15.6 Å². The van der Waals surface area contributed by atoms with Crippen molar-refractivity contribution in [3.8, 4) is 6.07 Å². The Morgan fingerprint density at radius 1 is 1.50 bits per heavy atom. The fourth-order valence-electron chi connectivity index (χ4n) is 1.95. The van der Waals surface area contributed by atoms with E-state index in [1.54, 1.807) is 12.3 Å². The zero-order valence-corrected chi connectivity index (χ0v) is 9.24. The molecular weight excluding hydrogens is 200 g/mol. The SMILES string of the molecule is N#Cc1cc(NCC2CCNCC2)ccn1. The number of nitriles is 1. The largest absolute Gasteiger partial charge is 0.385 e. The van der Waals surface area contributed by atoms with Crippen molar-refractivity contribution in [1.82, 2.24) is 10.3 Å². The van der Waals surface area contributed by atoms with Crippen LogP contribution in [0, 0.1) is 17.2 Å². The van der Waals surface area contributed by atoms with Gasteiger partial charge in [-0.2, -0.15) is 5.26 Å². The van der Waals surface area contributed by atoms with Crippen LogP contribution in [-0.4, -0.2) is 24.6 Å². The van der Waals surface area contributed by atoms with Gasteiger partial charge < -0.3 is 10.6 Å². The predicted octanol–water partition coefficient (Wildman–Crippen LogP) is 1.36. The first-order valence-electron chi connectivity index (χ1n) is 5.69. The lowest BCUT2D eigenvalue weighted by molar-refractivity contribution is 0.390. The molecule has 0 unspecified atom stereocenters. The molecule has 1 fully saturated rings. The van der Waals surface area contributed by atoms with E-state index in [1.165, 1.54) is 12.8 Å². The van der Waals surface area contributed by atoms with Crippen LogP contribution in [0.25, 0.3) is 0 Å². The lowest BCUT2D eigenvalue weighted by Gasteiger charge is -2.23. The fourth-order valence-corrected chi connectivity index (χ4v) is 1.95. The normalized spacial score (nSPS) is 16.7.